The summed E-state index contributed by atoms with van der Waals surface area (Å²) >= 11 is 0. The quantitative estimate of drug-likeness (QED) is 0.711. The number of aromatic hydroxyl groups is 1. The van der Waals surface area contributed by atoms with Gasteiger partial charge in [-0.3, -0.25) is 4.68 Å². The van der Waals surface area contributed by atoms with E-state index in [1.54, 1.807) is 24.1 Å². The first-order valence-corrected chi connectivity index (χ1v) is 4.89. The third kappa shape index (κ3) is 2.25. The Morgan fingerprint density at radius 2 is 2.29 bits per heavy atom. The van der Waals surface area contributed by atoms with Gasteiger partial charge >= 0.3 is 0 Å². The lowest BCUT2D eigenvalue weighted by Gasteiger charge is -2.08. The molecule has 1 aromatic carbocycles. The third-order valence-corrected chi connectivity index (χ3v) is 2.26. The van der Waals surface area contributed by atoms with E-state index in [1.807, 2.05) is 0 Å². The molecule has 0 bridgehead atoms. The molecule has 0 radical (unpaired) electrons. The van der Waals surface area contributed by atoms with Gasteiger partial charge in [-0.25, -0.2) is 4.39 Å². The lowest BCUT2D eigenvalue weighted by Crippen LogP contribution is -1.96. The van der Waals surface area contributed by atoms with E-state index in [2.05, 4.69) is 10.4 Å². The Hall–Kier alpha value is -2.37. The van der Waals surface area contributed by atoms with Crippen LogP contribution in [0.3, 0.4) is 0 Å². The first-order valence-electron chi connectivity index (χ1n) is 4.89. The van der Waals surface area contributed by atoms with Crippen molar-refractivity contribution in [2.75, 3.05) is 5.32 Å². The highest BCUT2D eigenvalue weighted by molar-refractivity contribution is 5.88. The molecule has 3 N–H and O–H groups in total. The van der Waals surface area contributed by atoms with Gasteiger partial charge in [0.1, 0.15) is 0 Å². The van der Waals surface area contributed by atoms with Gasteiger partial charge in [-0.1, -0.05) is 0 Å². The molecule has 0 fully saturated rings. The smallest absolute Gasteiger partial charge is 0.165 e. The molecule has 6 heteroatoms. The Morgan fingerprint density at radius 1 is 1.53 bits per heavy atom. The number of nitrogens with one attached hydrogen (secondary N) is 2. The predicted octanol–water partition coefficient (Wildman–Crippen LogP) is 2.01. The van der Waals surface area contributed by atoms with Crippen LogP contribution in [0.5, 0.6) is 5.75 Å². The van der Waals surface area contributed by atoms with Crippen LogP contribution in [0.4, 0.5) is 15.8 Å². The van der Waals surface area contributed by atoms with Gasteiger partial charge in [0.15, 0.2) is 11.6 Å². The molecule has 1 heterocycles. The Balaban J connectivity index is 2.37. The van der Waals surface area contributed by atoms with Crippen molar-refractivity contribution in [1.29, 1.82) is 5.41 Å². The van der Waals surface area contributed by atoms with Crippen LogP contribution in [-0.4, -0.2) is 21.1 Å². The fraction of sp³-hybridized carbons (Fsp3) is 0.0909. The maximum atomic E-state index is 13.1. The Labute approximate surface area is 97.0 Å². The third-order valence-electron chi connectivity index (χ3n) is 2.26. The molecule has 17 heavy (non-hydrogen) atoms. The molecule has 0 saturated carbocycles. The lowest BCUT2D eigenvalue weighted by molar-refractivity contribution is 0.433. The van der Waals surface area contributed by atoms with E-state index in [-0.39, 0.29) is 0 Å². The number of nitrogens with zero attached hydrogens (tertiary/aromatic N) is 2. The molecule has 0 aliphatic carbocycles. The summed E-state index contributed by atoms with van der Waals surface area (Å²) in [6.45, 7) is 0. The Bertz CT molecular complexity index is 565. The van der Waals surface area contributed by atoms with Gasteiger partial charge in [-0.05, 0) is 6.07 Å². The fourth-order valence-electron chi connectivity index (χ4n) is 1.45. The average molecular weight is 234 g/mol. The van der Waals surface area contributed by atoms with Crippen molar-refractivity contribution in [2.24, 2.45) is 7.05 Å². The molecule has 0 aliphatic rings. The van der Waals surface area contributed by atoms with Crippen molar-refractivity contribution in [3.05, 3.63) is 35.9 Å². The van der Waals surface area contributed by atoms with Crippen LogP contribution in [0.1, 0.15) is 5.56 Å². The van der Waals surface area contributed by atoms with Crippen LogP contribution in [0.15, 0.2) is 24.5 Å². The van der Waals surface area contributed by atoms with Crippen LogP contribution >= 0.6 is 0 Å². The Morgan fingerprint density at radius 3 is 2.88 bits per heavy atom. The molecule has 0 unspecified atom stereocenters. The second-order valence-corrected chi connectivity index (χ2v) is 3.56. The van der Waals surface area contributed by atoms with E-state index >= 15 is 0 Å². The van der Waals surface area contributed by atoms with Crippen molar-refractivity contribution < 1.29 is 9.50 Å². The number of phenolic OH excluding ortho intramolecular Hbond substituents is 1. The number of aromatic nitrogens is 2. The normalized spacial score (nSPS) is 10.2. The molecule has 0 spiro atoms. The summed E-state index contributed by atoms with van der Waals surface area (Å²) in [6.07, 6.45) is 4.34. The minimum absolute atomic E-state index is 0.351. The molecule has 5 nitrogen and oxygen atoms in total. The number of rotatable bonds is 3. The summed E-state index contributed by atoms with van der Waals surface area (Å²) in [7, 11) is 1.77. The highest BCUT2D eigenvalue weighted by Gasteiger charge is 2.08. The van der Waals surface area contributed by atoms with Crippen molar-refractivity contribution >= 4 is 17.6 Å². The second-order valence-electron chi connectivity index (χ2n) is 3.56. The van der Waals surface area contributed by atoms with Gasteiger partial charge in [-0.2, -0.15) is 5.10 Å². The van der Waals surface area contributed by atoms with Crippen molar-refractivity contribution in [3.8, 4) is 5.75 Å². The zero-order valence-corrected chi connectivity index (χ0v) is 9.11. The van der Waals surface area contributed by atoms with E-state index in [1.165, 1.54) is 6.07 Å². The molecule has 0 saturated heterocycles. The predicted molar refractivity (Wildman–Crippen MR) is 62.4 cm³/mol. The number of hydrogen-bond acceptors (Lipinski definition) is 4. The minimum atomic E-state index is -0.750. The summed E-state index contributed by atoms with van der Waals surface area (Å²) in [6, 6.07) is 2.34. The SMILES string of the molecule is Cn1cc(Nc2cc(O)c(F)cc2C=N)cn1. The molecular weight excluding hydrogens is 223 g/mol. The maximum absolute atomic E-state index is 13.1. The van der Waals surface area contributed by atoms with Crippen molar-refractivity contribution in [2.45, 2.75) is 0 Å². The van der Waals surface area contributed by atoms with E-state index in [4.69, 9.17) is 5.41 Å². The van der Waals surface area contributed by atoms with E-state index < -0.39 is 11.6 Å². The summed E-state index contributed by atoms with van der Waals surface area (Å²) in [4.78, 5) is 0. The van der Waals surface area contributed by atoms with Crippen molar-refractivity contribution in [1.82, 2.24) is 9.78 Å². The highest BCUT2D eigenvalue weighted by Crippen LogP contribution is 2.26. The highest BCUT2D eigenvalue weighted by atomic mass is 19.1. The van der Waals surface area contributed by atoms with Crippen LogP contribution in [0.25, 0.3) is 0 Å². The molecule has 88 valence electrons. The largest absolute Gasteiger partial charge is 0.505 e. The number of halogens is 1. The summed E-state index contributed by atoms with van der Waals surface area (Å²) in [5.74, 6) is -1.21. The number of aryl methyl sites for hydroxylation is 1. The molecule has 2 aromatic rings. The first-order chi connectivity index (χ1) is 8.10. The van der Waals surface area contributed by atoms with Crippen LogP contribution in [0.2, 0.25) is 0 Å². The first kappa shape index (κ1) is 11.1. The number of phenols is 1. The van der Waals surface area contributed by atoms with Gasteiger partial charge in [0.2, 0.25) is 0 Å². The summed E-state index contributed by atoms with van der Waals surface area (Å²) in [5.41, 5.74) is 1.50. The number of anilines is 2. The van der Waals surface area contributed by atoms with Gasteiger partial charge in [0.25, 0.3) is 0 Å². The van der Waals surface area contributed by atoms with E-state index in [0.29, 0.717) is 16.9 Å². The van der Waals surface area contributed by atoms with Crippen molar-refractivity contribution in [3.63, 3.8) is 0 Å². The molecule has 0 aliphatic heterocycles. The second kappa shape index (κ2) is 4.25. The van der Waals surface area contributed by atoms with Crippen LogP contribution in [-0.2, 0) is 7.05 Å². The molecule has 0 atom stereocenters. The van der Waals surface area contributed by atoms with Gasteiger partial charge in [0, 0.05) is 31.1 Å². The number of hydrogen-bond donors (Lipinski definition) is 3. The number of benzene rings is 1. The zero-order valence-electron chi connectivity index (χ0n) is 9.11. The molecule has 2 rings (SSSR count). The standard InChI is InChI=1S/C11H11FN4O/c1-16-6-8(5-14-16)15-10-3-11(17)9(12)2-7(10)4-13/h2-6,13,15,17H,1H3. The molecule has 1 aromatic heterocycles. The lowest BCUT2D eigenvalue weighted by atomic mass is 10.1. The zero-order chi connectivity index (χ0) is 12.4. The fourth-order valence-corrected chi connectivity index (χ4v) is 1.45. The van der Waals surface area contributed by atoms with E-state index in [9.17, 15) is 9.50 Å². The monoisotopic (exact) mass is 234 g/mol. The van der Waals surface area contributed by atoms with Gasteiger partial charge in [-0.15, -0.1) is 0 Å². The van der Waals surface area contributed by atoms with E-state index in [0.717, 1.165) is 12.3 Å². The molecular formula is C11H11FN4O. The van der Waals surface area contributed by atoms with Gasteiger partial charge in [0.05, 0.1) is 17.6 Å². The maximum Gasteiger partial charge on any atom is 0.165 e. The average Bonchev–Trinajstić information content (AvgIpc) is 2.69. The van der Waals surface area contributed by atoms with Crippen LogP contribution in [0, 0.1) is 11.2 Å². The molecule has 0 amide bonds. The summed E-state index contributed by atoms with van der Waals surface area (Å²) < 4.78 is 14.7. The topological polar surface area (TPSA) is 73.9 Å². The van der Waals surface area contributed by atoms with Gasteiger partial charge < -0.3 is 15.8 Å². The van der Waals surface area contributed by atoms with Crippen LogP contribution < -0.4 is 5.32 Å². The minimum Gasteiger partial charge on any atom is -0.505 e. The Kier molecular flexibility index (Phi) is 2.78. The summed E-state index contributed by atoms with van der Waals surface area (Å²) in [5, 5.41) is 23.4.